The molecule has 1 atom stereocenters. The highest BCUT2D eigenvalue weighted by molar-refractivity contribution is 5.76. The van der Waals surface area contributed by atoms with Gasteiger partial charge in [-0.05, 0) is 26.3 Å². The minimum atomic E-state index is 0.126. The first-order valence-corrected chi connectivity index (χ1v) is 5.69. The van der Waals surface area contributed by atoms with Crippen molar-refractivity contribution < 1.29 is 9.53 Å². The molecule has 0 fully saturated rings. The highest BCUT2D eigenvalue weighted by Gasteiger charge is 2.06. The third-order valence-electron chi connectivity index (χ3n) is 2.14. The smallest absolute Gasteiger partial charge is 0.221 e. The zero-order valence-corrected chi connectivity index (χ0v) is 10.1. The fourth-order valence-electron chi connectivity index (χ4n) is 1.37. The van der Waals surface area contributed by atoms with Crippen LogP contribution in [-0.4, -0.2) is 38.8 Å². The Morgan fingerprint density at radius 1 is 1.40 bits per heavy atom. The first-order chi connectivity index (χ1) is 7.20. The number of hydrogen-bond donors (Lipinski definition) is 2. The summed E-state index contributed by atoms with van der Waals surface area (Å²) in [5.74, 6) is 0.126. The van der Waals surface area contributed by atoms with Crippen LogP contribution in [0.2, 0.25) is 0 Å². The monoisotopic (exact) mass is 216 g/mol. The summed E-state index contributed by atoms with van der Waals surface area (Å²) < 4.78 is 4.92. The number of rotatable bonds is 9. The molecule has 0 bridgehead atoms. The first-order valence-electron chi connectivity index (χ1n) is 5.69. The van der Waals surface area contributed by atoms with Crippen LogP contribution in [0.3, 0.4) is 0 Å². The normalized spacial score (nSPS) is 12.5. The quantitative estimate of drug-likeness (QED) is 0.563. The van der Waals surface area contributed by atoms with Gasteiger partial charge < -0.3 is 15.4 Å². The van der Waals surface area contributed by atoms with Crippen molar-refractivity contribution >= 4 is 5.91 Å². The van der Waals surface area contributed by atoms with Gasteiger partial charge in [-0.15, -0.1) is 0 Å². The Labute approximate surface area is 92.8 Å². The summed E-state index contributed by atoms with van der Waals surface area (Å²) in [7, 11) is 1.69. The second kappa shape index (κ2) is 9.93. The lowest BCUT2D eigenvalue weighted by Crippen LogP contribution is -2.34. The van der Waals surface area contributed by atoms with Gasteiger partial charge in [-0.3, -0.25) is 4.79 Å². The van der Waals surface area contributed by atoms with E-state index >= 15 is 0 Å². The molecule has 1 amide bonds. The Morgan fingerprint density at radius 3 is 2.73 bits per heavy atom. The lowest BCUT2D eigenvalue weighted by molar-refractivity contribution is -0.121. The molecule has 4 heteroatoms. The lowest BCUT2D eigenvalue weighted by Gasteiger charge is -2.11. The molecular weight excluding hydrogens is 192 g/mol. The van der Waals surface area contributed by atoms with Crippen LogP contribution in [0.15, 0.2) is 0 Å². The standard InChI is InChI=1S/C11H24N2O2/c1-4-12-10(2)9-11(14)13-7-5-6-8-15-3/h10,12H,4-9H2,1-3H3,(H,13,14). The maximum Gasteiger partial charge on any atom is 0.221 e. The topological polar surface area (TPSA) is 50.4 Å². The van der Waals surface area contributed by atoms with Crippen LogP contribution in [0.25, 0.3) is 0 Å². The minimum Gasteiger partial charge on any atom is -0.385 e. The maximum atomic E-state index is 11.4. The Bertz CT molecular complexity index is 163. The third-order valence-corrected chi connectivity index (χ3v) is 2.14. The van der Waals surface area contributed by atoms with Gasteiger partial charge in [0.15, 0.2) is 0 Å². The van der Waals surface area contributed by atoms with E-state index in [1.165, 1.54) is 0 Å². The molecule has 0 aliphatic carbocycles. The van der Waals surface area contributed by atoms with Crippen molar-refractivity contribution in [2.24, 2.45) is 0 Å². The van der Waals surface area contributed by atoms with Crippen molar-refractivity contribution in [1.29, 1.82) is 0 Å². The van der Waals surface area contributed by atoms with E-state index in [-0.39, 0.29) is 11.9 Å². The first kappa shape index (κ1) is 14.4. The van der Waals surface area contributed by atoms with E-state index in [1.807, 2.05) is 13.8 Å². The highest BCUT2D eigenvalue weighted by atomic mass is 16.5. The van der Waals surface area contributed by atoms with Crippen molar-refractivity contribution in [2.75, 3.05) is 26.8 Å². The predicted octanol–water partition coefficient (Wildman–Crippen LogP) is 0.917. The number of hydrogen-bond acceptors (Lipinski definition) is 3. The number of methoxy groups -OCH3 is 1. The van der Waals surface area contributed by atoms with Gasteiger partial charge in [-0.25, -0.2) is 0 Å². The molecule has 0 aromatic rings. The van der Waals surface area contributed by atoms with Gasteiger partial charge in [-0.1, -0.05) is 6.92 Å². The van der Waals surface area contributed by atoms with Crippen molar-refractivity contribution in [3.8, 4) is 0 Å². The van der Waals surface area contributed by atoms with Crippen LogP contribution in [0.4, 0.5) is 0 Å². The van der Waals surface area contributed by atoms with Gasteiger partial charge in [-0.2, -0.15) is 0 Å². The van der Waals surface area contributed by atoms with Crippen molar-refractivity contribution in [3.63, 3.8) is 0 Å². The van der Waals surface area contributed by atoms with Crippen molar-refractivity contribution in [2.45, 2.75) is 39.2 Å². The Balaban J connectivity index is 3.32. The van der Waals surface area contributed by atoms with Gasteiger partial charge in [0.05, 0.1) is 0 Å². The number of nitrogens with one attached hydrogen (secondary N) is 2. The number of ether oxygens (including phenoxy) is 1. The van der Waals surface area contributed by atoms with E-state index in [9.17, 15) is 4.79 Å². The molecule has 2 N–H and O–H groups in total. The van der Waals surface area contributed by atoms with E-state index in [0.717, 1.165) is 32.5 Å². The molecule has 0 aliphatic heterocycles. The Hall–Kier alpha value is -0.610. The van der Waals surface area contributed by atoms with E-state index < -0.39 is 0 Å². The van der Waals surface area contributed by atoms with Gasteiger partial charge in [0, 0.05) is 32.7 Å². The SMILES string of the molecule is CCNC(C)CC(=O)NCCCCOC. The van der Waals surface area contributed by atoms with E-state index in [1.54, 1.807) is 7.11 Å². The molecule has 90 valence electrons. The average molecular weight is 216 g/mol. The minimum absolute atomic E-state index is 0.126. The average Bonchev–Trinajstić information content (AvgIpc) is 2.17. The van der Waals surface area contributed by atoms with Crippen molar-refractivity contribution in [3.05, 3.63) is 0 Å². The summed E-state index contributed by atoms with van der Waals surface area (Å²) in [6.07, 6.45) is 2.53. The molecule has 0 rings (SSSR count). The third kappa shape index (κ3) is 9.69. The Kier molecular flexibility index (Phi) is 9.52. The van der Waals surface area contributed by atoms with Crippen LogP contribution in [0.1, 0.15) is 33.1 Å². The van der Waals surface area contributed by atoms with Crippen LogP contribution in [0, 0.1) is 0 Å². The van der Waals surface area contributed by atoms with E-state index in [0.29, 0.717) is 6.42 Å². The van der Waals surface area contributed by atoms with Crippen LogP contribution in [-0.2, 0) is 9.53 Å². The van der Waals surface area contributed by atoms with E-state index in [4.69, 9.17) is 4.74 Å². The summed E-state index contributed by atoms with van der Waals surface area (Å²) in [6, 6.07) is 0.258. The highest BCUT2D eigenvalue weighted by Crippen LogP contribution is 1.91. The molecule has 0 saturated carbocycles. The molecular formula is C11H24N2O2. The summed E-state index contributed by atoms with van der Waals surface area (Å²) in [4.78, 5) is 11.4. The number of amides is 1. The zero-order valence-electron chi connectivity index (χ0n) is 10.1. The molecule has 15 heavy (non-hydrogen) atoms. The Morgan fingerprint density at radius 2 is 2.13 bits per heavy atom. The molecule has 4 nitrogen and oxygen atoms in total. The summed E-state index contributed by atoms with van der Waals surface area (Å²) in [5.41, 5.74) is 0. The zero-order chi connectivity index (χ0) is 11.5. The van der Waals surface area contributed by atoms with Gasteiger partial charge in [0.25, 0.3) is 0 Å². The molecule has 0 aliphatic rings. The lowest BCUT2D eigenvalue weighted by atomic mass is 10.2. The fourth-order valence-corrected chi connectivity index (χ4v) is 1.37. The molecule has 0 heterocycles. The number of unbranched alkanes of at least 4 members (excludes halogenated alkanes) is 1. The van der Waals surface area contributed by atoms with Crippen LogP contribution >= 0.6 is 0 Å². The molecule has 0 saturated heterocycles. The largest absolute Gasteiger partial charge is 0.385 e. The summed E-state index contributed by atoms with van der Waals surface area (Å²) >= 11 is 0. The molecule has 0 aromatic carbocycles. The van der Waals surface area contributed by atoms with Crippen LogP contribution < -0.4 is 10.6 Å². The maximum absolute atomic E-state index is 11.4. The molecule has 0 radical (unpaired) electrons. The predicted molar refractivity (Wildman–Crippen MR) is 61.9 cm³/mol. The van der Waals surface area contributed by atoms with Crippen LogP contribution in [0.5, 0.6) is 0 Å². The fraction of sp³-hybridized carbons (Fsp3) is 0.909. The van der Waals surface area contributed by atoms with Gasteiger partial charge >= 0.3 is 0 Å². The molecule has 1 unspecified atom stereocenters. The number of carbonyl (C=O) groups is 1. The van der Waals surface area contributed by atoms with Crippen molar-refractivity contribution in [1.82, 2.24) is 10.6 Å². The second-order valence-corrected chi connectivity index (χ2v) is 3.71. The summed E-state index contributed by atoms with van der Waals surface area (Å²) in [5, 5.41) is 6.10. The molecule has 0 aromatic heterocycles. The second-order valence-electron chi connectivity index (χ2n) is 3.71. The van der Waals surface area contributed by atoms with Gasteiger partial charge in [0.1, 0.15) is 0 Å². The van der Waals surface area contributed by atoms with Gasteiger partial charge in [0.2, 0.25) is 5.91 Å². The number of carbonyl (C=O) groups excluding carboxylic acids is 1. The summed E-state index contributed by atoms with van der Waals surface area (Å²) in [6.45, 7) is 6.49. The molecule has 0 spiro atoms. The van der Waals surface area contributed by atoms with E-state index in [2.05, 4.69) is 10.6 Å².